The predicted molar refractivity (Wildman–Crippen MR) is 129 cm³/mol. The molecule has 0 saturated heterocycles. The van der Waals surface area contributed by atoms with E-state index in [0.29, 0.717) is 17.8 Å². The van der Waals surface area contributed by atoms with Crippen LogP contribution in [0, 0.1) is 6.92 Å². The Morgan fingerprint density at radius 1 is 1.03 bits per heavy atom. The van der Waals surface area contributed by atoms with E-state index < -0.39 is 5.91 Å². The number of phenolic OH excluding ortho intramolecular Hbond substituents is 1. The molecule has 0 aliphatic heterocycles. The number of nitrogens with two attached hydrogens (primary N) is 1. The van der Waals surface area contributed by atoms with Crippen molar-refractivity contribution in [3.8, 4) is 5.75 Å². The zero-order valence-corrected chi connectivity index (χ0v) is 18.9. The standard InChI is InChI=1S/C26H29N4O3/c1-18-6-4-9-22(14-18)28-24(32)17-30(16-19-10-12-23(31)13-11-19)26(29(2)3)21-8-5-7-20(15-21)25(27)33/h4-15,26,31H,1,16-17H2,2-3H3,(H2,27,33)(H,28,32). The quantitative estimate of drug-likeness (QED) is 0.439. The molecule has 0 bridgehead atoms. The second kappa shape index (κ2) is 10.8. The number of hydrogen-bond acceptors (Lipinski definition) is 5. The fourth-order valence-corrected chi connectivity index (χ4v) is 3.79. The maximum absolute atomic E-state index is 13.0. The molecule has 33 heavy (non-hydrogen) atoms. The van der Waals surface area contributed by atoms with Gasteiger partial charge in [-0.15, -0.1) is 0 Å². The Morgan fingerprint density at radius 2 is 1.73 bits per heavy atom. The second-order valence-electron chi connectivity index (χ2n) is 8.15. The van der Waals surface area contributed by atoms with Crippen LogP contribution in [-0.2, 0) is 11.3 Å². The highest BCUT2D eigenvalue weighted by atomic mass is 16.3. The van der Waals surface area contributed by atoms with Crippen LogP contribution < -0.4 is 11.1 Å². The van der Waals surface area contributed by atoms with Crippen LogP contribution in [0.5, 0.6) is 5.75 Å². The van der Waals surface area contributed by atoms with Gasteiger partial charge >= 0.3 is 0 Å². The SMILES string of the molecule is [CH2]c1cccc(NC(=O)CN(Cc2ccc(O)cc2)C(c2cccc(C(N)=O)c2)N(C)C)c1. The number of primary amides is 1. The van der Waals surface area contributed by atoms with Crippen molar-refractivity contribution in [2.75, 3.05) is 26.0 Å². The van der Waals surface area contributed by atoms with Gasteiger partial charge in [0.2, 0.25) is 11.8 Å². The lowest BCUT2D eigenvalue weighted by Crippen LogP contribution is -2.42. The highest BCUT2D eigenvalue weighted by Gasteiger charge is 2.26. The molecule has 1 unspecified atom stereocenters. The molecule has 0 fully saturated rings. The molecule has 0 spiro atoms. The number of phenols is 1. The highest BCUT2D eigenvalue weighted by molar-refractivity contribution is 5.93. The molecule has 4 N–H and O–H groups in total. The number of nitrogens with one attached hydrogen (secondary N) is 1. The summed E-state index contributed by atoms with van der Waals surface area (Å²) in [6.07, 6.45) is -0.317. The molecule has 3 rings (SSSR count). The molecule has 0 heterocycles. The maximum Gasteiger partial charge on any atom is 0.248 e. The lowest BCUT2D eigenvalue weighted by molar-refractivity contribution is -0.119. The van der Waals surface area contributed by atoms with Crippen LogP contribution >= 0.6 is 0 Å². The topological polar surface area (TPSA) is 98.9 Å². The Labute approximate surface area is 194 Å². The molecule has 171 valence electrons. The van der Waals surface area contributed by atoms with Gasteiger partial charge in [0.1, 0.15) is 5.75 Å². The number of carbonyl (C=O) groups is 2. The van der Waals surface area contributed by atoms with Crippen LogP contribution in [0.4, 0.5) is 5.69 Å². The van der Waals surface area contributed by atoms with Crippen LogP contribution in [0.15, 0.2) is 72.8 Å². The summed E-state index contributed by atoms with van der Waals surface area (Å²) < 4.78 is 0. The van der Waals surface area contributed by atoms with E-state index in [2.05, 4.69) is 12.2 Å². The van der Waals surface area contributed by atoms with E-state index in [9.17, 15) is 14.7 Å². The van der Waals surface area contributed by atoms with Crippen molar-refractivity contribution in [3.63, 3.8) is 0 Å². The van der Waals surface area contributed by atoms with Crippen LogP contribution in [0.25, 0.3) is 0 Å². The second-order valence-corrected chi connectivity index (χ2v) is 8.15. The van der Waals surface area contributed by atoms with E-state index in [4.69, 9.17) is 5.73 Å². The lowest BCUT2D eigenvalue weighted by Gasteiger charge is -2.36. The van der Waals surface area contributed by atoms with Gasteiger partial charge in [0.25, 0.3) is 0 Å². The molecule has 0 saturated carbocycles. The largest absolute Gasteiger partial charge is 0.508 e. The summed E-state index contributed by atoms with van der Waals surface area (Å²) in [5.41, 5.74) is 9.14. The Kier molecular flexibility index (Phi) is 7.82. The van der Waals surface area contributed by atoms with E-state index in [-0.39, 0.29) is 24.4 Å². The zero-order chi connectivity index (χ0) is 24.0. The first-order chi connectivity index (χ1) is 15.7. The third-order valence-electron chi connectivity index (χ3n) is 5.18. The van der Waals surface area contributed by atoms with Crippen molar-refractivity contribution >= 4 is 17.5 Å². The van der Waals surface area contributed by atoms with Gasteiger partial charge in [0, 0.05) is 17.8 Å². The van der Waals surface area contributed by atoms with Crippen molar-refractivity contribution in [2.45, 2.75) is 12.7 Å². The van der Waals surface area contributed by atoms with Crippen LogP contribution in [0.3, 0.4) is 0 Å². The molecular formula is C26H29N4O3. The van der Waals surface area contributed by atoms with Gasteiger partial charge in [-0.3, -0.25) is 19.4 Å². The summed E-state index contributed by atoms with van der Waals surface area (Å²) in [4.78, 5) is 28.7. The first-order valence-electron chi connectivity index (χ1n) is 10.5. The first kappa shape index (κ1) is 24.0. The summed E-state index contributed by atoms with van der Waals surface area (Å²) in [6, 6.07) is 21.3. The predicted octanol–water partition coefficient (Wildman–Crippen LogP) is 3.37. The van der Waals surface area contributed by atoms with Gasteiger partial charge in [0.05, 0.1) is 12.7 Å². The number of benzene rings is 3. The molecule has 7 nitrogen and oxygen atoms in total. The lowest BCUT2D eigenvalue weighted by atomic mass is 10.1. The summed E-state index contributed by atoms with van der Waals surface area (Å²) >= 11 is 0. The fourth-order valence-electron chi connectivity index (χ4n) is 3.79. The van der Waals surface area contributed by atoms with E-state index >= 15 is 0 Å². The molecule has 1 atom stereocenters. The molecule has 3 aromatic rings. The minimum absolute atomic E-state index is 0.0892. The molecule has 1 radical (unpaired) electrons. The Hall–Kier alpha value is -3.68. The molecule has 0 aromatic heterocycles. The van der Waals surface area contributed by atoms with Crippen LogP contribution in [0.2, 0.25) is 0 Å². The van der Waals surface area contributed by atoms with Crippen molar-refractivity contribution in [3.05, 3.63) is 102 Å². The Bertz CT molecular complexity index is 1110. The summed E-state index contributed by atoms with van der Waals surface area (Å²) in [5, 5.41) is 12.6. The van der Waals surface area contributed by atoms with Gasteiger partial charge < -0.3 is 16.2 Å². The smallest absolute Gasteiger partial charge is 0.248 e. The summed E-state index contributed by atoms with van der Waals surface area (Å²) in [6.45, 7) is 4.43. The van der Waals surface area contributed by atoms with Crippen molar-refractivity contribution in [2.24, 2.45) is 5.73 Å². The molecule has 2 amide bonds. The van der Waals surface area contributed by atoms with E-state index in [1.165, 1.54) is 0 Å². The average molecular weight is 446 g/mol. The van der Waals surface area contributed by atoms with Gasteiger partial charge in [-0.05, 0) is 74.1 Å². The molecule has 3 aromatic carbocycles. The number of carbonyl (C=O) groups excluding carboxylic acids is 2. The Balaban J connectivity index is 1.92. The fraction of sp³-hybridized carbons (Fsp3) is 0.192. The van der Waals surface area contributed by atoms with E-state index in [1.807, 2.05) is 66.4 Å². The molecule has 0 aliphatic carbocycles. The molecular weight excluding hydrogens is 416 g/mol. The minimum atomic E-state index is -0.509. The maximum atomic E-state index is 13.0. The molecule has 0 aliphatic rings. The van der Waals surface area contributed by atoms with Crippen LogP contribution in [-0.4, -0.2) is 47.4 Å². The van der Waals surface area contributed by atoms with E-state index in [0.717, 1.165) is 16.7 Å². The third kappa shape index (κ3) is 6.65. The minimum Gasteiger partial charge on any atom is -0.508 e. The normalized spacial score (nSPS) is 12.0. The number of amides is 2. The highest BCUT2D eigenvalue weighted by Crippen LogP contribution is 2.26. The van der Waals surface area contributed by atoms with Gasteiger partial charge in [-0.25, -0.2) is 0 Å². The zero-order valence-electron chi connectivity index (χ0n) is 18.9. The molecule has 7 heteroatoms. The third-order valence-corrected chi connectivity index (χ3v) is 5.18. The summed E-state index contributed by atoms with van der Waals surface area (Å²) in [7, 11) is 3.82. The summed E-state index contributed by atoms with van der Waals surface area (Å²) in [5.74, 6) is -0.517. The van der Waals surface area contributed by atoms with Crippen molar-refractivity contribution in [1.82, 2.24) is 9.80 Å². The number of anilines is 1. The van der Waals surface area contributed by atoms with Crippen molar-refractivity contribution < 1.29 is 14.7 Å². The van der Waals surface area contributed by atoms with Crippen LogP contribution in [0.1, 0.15) is 33.2 Å². The van der Waals surface area contributed by atoms with Gasteiger partial charge in [-0.2, -0.15) is 0 Å². The number of aromatic hydroxyl groups is 1. The number of rotatable bonds is 9. The van der Waals surface area contributed by atoms with Gasteiger partial charge in [0.15, 0.2) is 0 Å². The monoisotopic (exact) mass is 445 g/mol. The number of nitrogens with zero attached hydrogens (tertiary/aromatic N) is 2. The average Bonchev–Trinajstić information content (AvgIpc) is 2.75. The van der Waals surface area contributed by atoms with E-state index in [1.54, 1.807) is 30.3 Å². The van der Waals surface area contributed by atoms with Gasteiger partial charge in [-0.1, -0.05) is 36.4 Å². The van der Waals surface area contributed by atoms with Crippen molar-refractivity contribution in [1.29, 1.82) is 0 Å². The Morgan fingerprint density at radius 3 is 2.36 bits per heavy atom. The number of hydrogen-bond donors (Lipinski definition) is 3. The first-order valence-corrected chi connectivity index (χ1v) is 10.5.